The van der Waals surface area contributed by atoms with Crippen LogP contribution in [0.2, 0.25) is 10.0 Å². The molecule has 1 fully saturated rings. The SMILES string of the molecule is CCOC(=O)OC1=C(c2c(C)cc(Cl)cc2Cl)CNC12CCCC(OC)C2. The maximum absolute atomic E-state index is 12.2. The molecule has 1 spiro atoms. The van der Waals surface area contributed by atoms with Crippen LogP contribution in [0.3, 0.4) is 0 Å². The first kappa shape index (κ1) is 20.5. The van der Waals surface area contributed by atoms with Crippen LogP contribution in [0.1, 0.15) is 43.7 Å². The number of methoxy groups -OCH3 is 1. The lowest BCUT2D eigenvalue weighted by Crippen LogP contribution is -2.49. The van der Waals surface area contributed by atoms with Crippen molar-refractivity contribution in [3.63, 3.8) is 0 Å². The number of hydrogen-bond donors (Lipinski definition) is 1. The van der Waals surface area contributed by atoms with E-state index in [1.54, 1.807) is 20.1 Å². The summed E-state index contributed by atoms with van der Waals surface area (Å²) in [7, 11) is 1.72. The number of nitrogens with one attached hydrogen (secondary N) is 1. The summed E-state index contributed by atoms with van der Waals surface area (Å²) in [4.78, 5) is 12.2. The summed E-state index contributed by atoms with van der Waals surface area (Å²) in [6, 6.07) is 3.58. The Bertz CT molecular complexity index is 741. The minimum Gasteiger partial charge on any atom is -0.434 e. The van der Waals surface area contributed by atoms with E-state index in [-0.39, 0.29) is 12.7 Å². The highest BCUT2D eigenvalue weighted by molar-refractivity contribution is 6.36. The predicted molar refractivity (Wildman–Crippen MR) is 106 cm³/mol. The molecule has 1 heterocycles. The molecule has 1 aliphatic carbocycles. The van der Waals surface area contributed by atoms with E-state index in [0.29, 0.717) is 22.3 Å². The lowest BCUT2D eigenvalue weighted by molar-refractivity contribution is 0.0219. The van der Waals surface area contributed by atoms with Crippen LogP contribution in [-0.4, -0.2) is 38.1 Å². The van der Waals surface area contributed by atoms with Gasteiger partial charge in [-0.2, -0.15) is 0 Å². The van der Waals surface area contributed by atoms with Gasteiger partial charge in [-0.15, -0.1) is 0 Å². The van der Waals surface area contributed by atoms with E-state index < -0.39 is 11.7 Å². The van der Waals surface area contributed by atoms with Gasteiger partial charge in [0.25, 0.3) is 0 Å². The zero-order chi connectivity index (χ0) is 19.6. The smallest absolute Gasteiger partial charge is 0.434 e. The summed E-state index contributed by atoms with van der Waals surface area (Å²) in [6.45, 7) is 4.50. The molecule has 2 atom stereocenters. The highest BCUT2D eigenvalue weighted by atomic mass is 35.5. The fraction of sp³-hybridized carbons (Fsp3) is 0.550. The van der Waals surface area contributed by atoms with Gasteiger partial charge in [-0.1, -0.05) is 23.2 Å². The number of carbonyl (C=O) groups excluding carboxylic acids is 1. The third-order valence-electron chi connectivity index (χ3n) is 5.35. The lowest BCUT2D eigenvalue weighted by atomic mass is 9.78. The van der Waals surface area contributed by atoms with E-state index in [4.69, 9.17) is 37.4 Å². The molecular weight excluding hydrogens is 389 g/mol. The molecule has 2 aliphatic rings. The standard InChI is InChI=1S/C20H25Cl2NO4/c1-4-26-19(24)27-18-15(17-12(2)8-13(21)9-16(17)22)11-23-20(18)7-5-6-14(10-20)25-3/h8-9,14,23H,4-7,10-11H2,1-3H3. The maximum Gasteiger partial charge on any atom is 0.513 e. The van der Waals surface area contributed by atoms with Gasteiger partial charge < -0.3 is 19.5 Å². The van der Waals surface area contributed by atoms with Crippen molar-refractivity contribution in [3.8, 4) is 0 Å². The first-order chi connectivity index (χ1) is 12.9. The van der Waals surface area contributed by atoms with E-state index in [9.17, 15) is 4.79 Å². The molecule has 1 N–H and O–H groups in total. The topological polar surface area (TPSA) is 56.8 Å². The molecule has 3 rings (SSSR count). The second-order valence-electron chi connectivity index (χ2n) is 7.06. The van der Waals surface area contributed by atoms with Crippen LogP contribution < -0.4 is 5.32 Å². The molecule has 0 radical (unpaired) electrons. The molecule has 0 saturated heterocycles. The van der Waals surface area contributed by atoms with E-state index in [1.165, 1.54) is 0 Å². The molecule has 2 unspecified atom stereocenters. The molecular formula is C20H25Cl2NO4. The Hall–Kier alpha value is -1.27. The average molecular weight is 414 g/mol. The number of rotatable bonds is 4. The third kappa shape index (κ3) is 4.11. The maximum atomic E-state index is 12.2. The molecule has 0 amide bonds. The second-order valence-corrected chi connectivity index (χ2v) is 7.91. The molecule has 1 aliphatic heterocycles. The molecule has 1 aromatic rings. The molecule has 1 aromatic carbocycles. The van der Waals surface area contributed by atoms with Crippen LogP contribution in [0, 0.1) is 6.92 Å². The van der Waals surface area contributed by atoms with Gasteiger partial charge >= 0.3 is 6.16 Å². The Balaban J connectivity index is 2.09. The van der Waals surface area contributed by atoms with Gasteiger partial charge in [0.1, 0.15) is 5.76 Å². The Kier molecular flexibility index (Phi) is 6.36. The zero-order valence-corrected chi connectivity index (χ0v) is 17.4. The summed E-state index contributed by atoms with van der Waals surface area (Å²) in [5.74, 6) is 0.593. The van der Waals surface area contributed by atoms with Crippen LogP contribution in [0.5, 0.6) is 0 Å². The fourth-order valence-electron chi connectivity index (χ4n) is 4.18. The largest absolute Gasteiger partial charge is 0.513 e. The summed E-state index contributed by atoms with van der Waals surface area (Å²) in [5.41, 5.74) is 2.20. The monoisotopic (exact) mass is 413 g/mol. The minimum atomic E-state index is -0.699. The van der Waals surface area contributed by atoms with E-state index >= 15 is 0 Å². The molecule has 5 nitrogen and oxygen atoms in total. The average Bonchev–Trinajstić information content (AvgIpc) is 2.92. The van der Waals surface area contributed by atoms with Crippen LogP contribution in [0.25, 0.3) is 5.57 Å². The van der Waals surface area contributed by atoms with Crippen molar-refractivity contribution in [2.24, 2.45) is 0 Å². The van der Waals surface area contributed by atoms with Gasteiger partial charge in [0, 0.05) is 34.8 Å². The van der Waals surface area contributed by atoms with Gasteiger partial charge in [-0.3, -0.25) is 0 Å². The summed E-state index contributed by atoms with van der Waals surface area (Å²) < 4.78 is 16.4. The van der Waals surface area contributed by atoms with E-state index in [2.05, 4.69) is 5.32 Å². The number of ether oxygens (including phenoxy) is 3. The Morgan fingerprint density at radius 1 is 1.37 bits per heavy atom. The number of halogens is 2. The first-order valence-corrected chi connectivity index (χ1v) is 9.98. The van der Waals surface area contributed by atoms with Gasteiger partial charge in [0.15, 0.2) is 0 Å². The fourth-order valence-corrected chi connectivity index (χ4v) is 4.88. The van der Waals surface area contributed by atoms with Crippen LogP contribution in [-0.2, 0) is 14.2 Å². The van der Waals surface area contributed by atoms with Crippen molar-refractivity contribution >= 4 is 34.9 Å². The van der Waals surface area contributed by atoms with Crippen LogP contribution in [0.15, 0.2) is 17.9 Å². The molecule has 7 heteroatoms. The van der Waals surface area contributed by atoms with Crippen molar-refractivity contribution in [2.75, 3.05) is 20.3 Å². The van der Waals surface area contributed by atoms with E-state index in [1.807, 2.05) is 13.0 Å². The van der Waals surface area contributed by atoms with Crippen LogP contribution >= 0.6 is 23.2 Å². The Morgan fingerprint density at radius 3 is 2.81 bits per heavy atom. The van der Waals surface area contributed by atoms with Crippen molar-refractivity contribution in [1.29, 1.82) is 0 Å². The van der Waals surface area contributed by atoms with Crippen molar-refractivity contribution in [3.05, 3.63) is 39.1 Å². The number of benzene rings is 1. The highest BCUT2D eigenvalue weighted by Crippen LogP contribution is 2.45. The second kappa shape index (κ2) is 8.39. The normalized spacial score (nSPS) is 25.1. The van der Waals surface area contributed by atoms with Crippen LogP contribution in [0.4, 0.5) is 4.79 Å². The Labute approximate surface area is 169 Å². The highest BCUT2D eigenvalue weighted by Gasteiger charge is 2.47. The van der Waals surface area contributed by atoms with Gasteiger partial charge in [0.2, 0.25) is 0 Å². The van der Waals surface area contributed by atoms with Gasteiger partial charge in [-0.05, 0) is 57.2 Å². The van der Waals surface area contributed by atoms with Gasteiger partial charge in [0.05, 0.1) is 18.2 Å². The zero-order valence-electron chi connectivity index (χ0n) is 15.9. The number of carbonyl (C=O) groups is 1. The molecule has 27 heavy (non-hydrogen) atoms. The predicted octanol–water partition coefficient (Wildman–Crippen LogP) is 5.12. The molecule has 148 valence electrons. The molecule has 0 bridgehead atoms. The molecule has 1 saturated carbocycles. The summed E-state index contributed by atoms with van der Waals surface area (Å²) in [5, 5.41) is 4.69. The number of aryl methyl sites for hydroxylation is 1. The summed E-state index contributed by atoms with van der Waals surface area (Å²) >= 11 is 12.7. The minimum absolute atomic E-state index is 0.105. The number of hydrogen-bond acceptors (Lipinski definition) is 5. The summed E-state index contributed by atoms with van der Waals surface area (Å²) in [6.07, 6.45) is 2.95. The van der Waals surface area contributed by atoms with Gasteiger partial charge in [-0.25, -0.2) is 4.79 Å². The first-order valence-electron chi connectivity index (χ1n) is 9.22. The lowest BCUT2D eigenvalue weighted by Gasteiger charge is -2.38. The molecule has 0 aromatic heterocycles. The van der Waals surface area contributed by atoms with Crippen molar-refractivity contribution < 1.29 is 19.0 Å². The van der Waals surface area contributed by atoms with Crippen molar-refractivity contribution in [1.82, 2.24) is 5.32 Å². The Morgan fingerprint density at radius 2 is 2.15 bits per heavy atom. The van der Waals surface area contributed by atoms with E-state index in [0.717, 1.165) is 42.4 Å². The quantitative estimate of drug-likeness (QED) is 0.694. The third-order valence-corrected chi connectivity index (χ3v) is 5.87. The van der Waals surface area contributed by atoms with Crippen molar-refractivity contribution in [2.45, 2.75) is 51.2 Å².